The van der Waals surface area contributed by atoms with Crippen LogP contribution < -0.4 is 10.6 Å². The number of aliphatic hydroxyl groups is 1. The summed E-state index contributed by atoms with van der Waals surface area (Å²) >= 11 is 0. The minimum absolute atomic E-state index is 0.0370. The summed E-state index contributed by atoms with van der Waals surface area (Å²) in [5.74, 6) is -0.137. The fraction of sp³-hybridized carbons (Fsp3) is 0.600. The van der Waals surface area contributed by atoms with Gasteiger partial charge in [-0.15, -0.1) is 0 Å². The molecule has 2 rings (SSSR count). The summed E-state index contributed by atoms with van der Waals surface area (Å²) < 4.78 is 5.56. The molecule has 1 aromatic rings. The molecule has 3 N–H and O–H groups in total. The van der Waals surface area contributed by atoms with Gasteiger partial charge in [0.1, 0.15) is 6.10 Å². The zero-order valence-corrected chi connectivity index (χ0v) is 15.4. The number of benzene rings is 1. The summed E-state index contributed by atoms with van der Waals surface area (Å²) in [5, 5.41) is 16.0. The van der Waals surface area contributed by atoms with E-state index in [2.05, 4.69) is 10.6 Å². The second-order valence-electron chi connectivity index (χ2n) is 6.72. The quantitative estimate of drug-likeness (QED) is 0.626. The van der Waals surface area contributed by atoms with Gasteiger partial charge in [0.05, 0.1) is 6.10 Å². The van der Waals surface area contributed by atoms with Crippen LogP contribution in [-0.2, 0) is 9.53 Å². The molecule has 0 radical (unpaired) electrons. The van der Waals surface area contributed by atoms with Crippen molar-refractivity contribution in [2.24, 2.45) is 5.92 Å². The lowest BCUT2D eigenvalue weighted by Crippen LogP contribution is -2.47. The number of hydrogen-bond acceptors (Lipinski definition) is 4. The minimum Gasteiger partial charge on any atom is -0.388 e. The third-order valence-corrected chi connectivity index (χ3v) is 4.77. The Morgan fingerprint density at radius 2 is 1.81 bits per heavy atom. The molecule has 0 heterocycles. The molecule has 0 spiro atoms. The number of carbonyl (C=O) groups is 2. The Hall–Kier alpha value is -1.92. The van der Waals surface area contributed by atoms with Gasteiger partial charge in [-0.25, -0.2) is 0 Å². The van der Waals surface area contributed by atoms with Gasteiger partial charge in [0.25, 0.3) is 5.91 Å². The Balaban J connectivity index is 1.79. The second kappa shape index (κ2) is 10.9. The Bertz CT molecular complexity index is 558. The first-order valence-corrected chi connectivity index (χ1v) is 9.52. The van der Waals surface area contributed by atoms with Crippen molar-refractivity contribution in [2.45, 2.75) is 51.2 Å². The van der Waals surface area contributed by atoms with Crippen molar-refractivity contribution in [3.8, 4) is 0 Å². The first kappa shape index (κ1) is 20.4. The molecule has 2 amide bonds. The smallest absolute Gasteiger partial charge is 0.251 e. The third-order valence-electron chi connectivity index (χ3n) is 4.77. The van der Waals surface area contributed by atoms with Gasteiger partial charge in [-0.3, -0.25) is 9.59 Å². The van der Waals surface area contributed by atoms with Crippen LogP contribution in [0.15, 0.2) is 30.3 Å². The Morgan fingerprint density at radius 1 is 1.12 bits per heavy atom. The standard InChI is InChI=1S/C20H30N2O4/c1-2-26-18(14-22-20(25)16-11-7-4-8-12-16)17(23)13-21-19(24)15-9-5-3-6-10-15/h3,5-6,9-10,16-18,23H,2,4,7-8,11-14H2,1H3,(H,21,24)(H,22,25)/t17-,18+/m0/s1. The van der Waals surface area contributed by atoms with Gasteiger partial charge >= 0.3 is 0 Å². The lowest BCUT2D eigenvalue weighted by Gasteiger charge is -2.26. The van der Waals surface area contributed by atoms with Crippen molar-refractivity contribution in [2.75, 3.05) is 19.7 Å². The van der Waals surface area contributed by atoms with Crippen molar-refractivity contribution in [1.29, 1.82) is 0 Å². The summed E-state index contributed by atoms with van der Waals surface area (Å²) in [6.07, 6.45) is 3.81. The highest BCUT2D eigenvalue weighted by molar-refractivity contribution is 5.94. The number of hydrogen-bond donors (Lipinski definition) is 3. The highest BCUT2D eigenvalue weighted by Gasteiger charge is 2.25. The van der Waals surface area contributed by atoms with E-state index in [9.17, 15) is 14.7 Å². The second-order valence-corrected chi connectivity index (χ2v) is 6.72. The highest BCUT2D eigenvalue weighted by atomic mass is 16.5. The van der Waals surface area contributed by atoms with Crippen LogP contribution in [0.5, 0.6) is 0 Å². The number of ether oxygens (including phenoxy) is 1. The number of rotatable bonds is 9. The SMILES string of the molecule is CCO[C@H](CNC(=O)C1CCCCC1)[C@@H](O)CNC(=O)c1ccccc1. The Kier molecular flexibility index (Phi) is 8.58. The number of aliphatic hydroxyl groups excluding tert-OH is 1. The molecule has 0 saturated heterocycles. The first-order valence-electron chi connectivity index (χ1n) is 9.52. The molecule has 1 fully saturated rings. The molecule has 1 aliphatic carbocycles. The summed E-state index contributed by atoms with van der Waals surface area (Å²) in [7, 11) is 0. The fourth-order valence-electron chi connectivity index (χ4n) is 3.25. The molecule has 2 atom stereocenters. The predicted octanol–water partition coefficient (Wildman–Crippen LogP) is 1.88. The van der Waals surface area contributed by atoms with Crippen LogP contribution in [0.3, 0.4) is 0 Å². The van der Waals surface area contributed by atoms with Crippen LogP contribution >= 0.6 is 0 Å². The van der Waals surface area contributed by atoms with Crippen molar-refractivity contribution < 1.29 is 19.4 Å². The highest BCUT2D eigenvalue weighted by Crippen LogP contribution is 2.23. The molecule has 0 aromatic heterocycles. The largest absolute Gasteiger partial charge is 0.388 e. The van der Waals surface area contributed by atoms with E-state index in [0.717, 1.165) is 25.7 Å². The molecule has 0 bridgehead atoms. The first-order chi connectivity index (χ1) is 12.6. The molecule has 26 heavy (non-hydrogen) atoms. The average molecular weight is 362 g/mol. The van der Waals surface area contributed by atoms with E-state index in [1.807, 2.05) is 13.0 Å². The summed E-state index contributed by atoms with van der Waals surface area (Å²) in [6, 6.07) is 8.84. The van der Waals surface area contributed by atoms with Gasteiger partial charge in [0, 0.05) is 31.2 Å². The van der Waals surface area contributed by atoms with Crippen LogP contribution in [0.25, 0.3) is 0 Å². The lowest BCUT2D eigenvalue weighted by atomic mass is 9.88. The van der Waals surface area contributed by atoms with Crippen molar-refractivity contribution >= 4 is 11.8 Å². The van der Waals surface area contributed by atoms with Gasteiger partial charge in [-0.1, -0.05) is 37.5 Å². The number of nitrogens with one attached hydrogen (secondary N) is 2. The zero-order valence-electron chi connectivity index (χ0n) is 15.4. The van der Waals surface area contributed by atoms with Crippen molar-refractivity contribution in [3.05, 3.63) is 35.9 Å². The van der Waals surface area contributed by atoms with Crippen LogP contribution in [0.2, 0.25) is 0 Å². The summed E-state index contributed by atoms with van der Waals surface area (Å²) in [4.78, 5) is 24.3. The van der Waals surface area contributed by atoms with Crippen molar-refractivity contribution in [3.63, 3.8) is 0 Å². The maximum atomic E-state index is 12.3. The van der Waals surface area contributed by atoms with E-state index in [1.165, 1.54) is 6.42 Å². The van der Waals surface area contributed by atoms with Gasteiger partial charge in [-0.2, -0.15) is 0 Å². The zero-order chi connectivity index (χ0) is 18.8. The predicted molar refractivity (Wildman–Crippen MR) is 99.8 cm³/mol. The molecule has 0 aliphatic heterocycles. The van der Waals surface area contributed by atoms with Gasteiger partial charge in [0.15, 0.2) is 0 Å². The van der Waals surface area contributed by atoms with Crippen LogP contribution in [0.1, 0.15) is 49.4 Å². The molecule has 1 aliphatic rings. The topological polar surface area (TPSA) is 87.7 Å². The van der Waals surface area contributed by atoms with E-state index in [4.69, 9.17) is 4.74 Å². The van der Waals surface area contributed by atoms with Crippen LogP contribution in [-0.4, -0.2) is 48.8 Å². The number of amides is 2. The molecular formula is C20H30N2O4. The summed E-state index contributed by atoms with van der Waals surface area (Å²) in [6.45, 7) is 2.57. The maximum absolute atomic E-state index is 12.3. The van der Waals surface area contributed by atoms with Gasteiger partial charge < -0.3 is 20.5 Å². The minimum atomic E-state index is -0.894. The van der Waals surface area contributed by atoms with E-state index in [1.54, 1.807) is 24.3 Å². The molecule has 0 unspecified atom stereocenters. The normalized spacial score (nSPS) is 17.3. The molecule has 1 saturated carbocycles. The lowest BCUT2D eigenvalue weighted by molar-refractivity contribution is -0.127. The maximum Gasteiger partial charge on any atom is 0.251 e. The molecule has 6 heteroatoms. The third kappa shape index (κ3) is 6.42. The van der Waals surface area contributed by atoms with Gasteiger partial charge in [0.2, 0.25) is 5.91 Å². The van der Waals surface area contributed by atoms with Crippen molar-refractivity contribution in [1.82, 2.24) is 10.6 Å². The van der Waals surface area contributed by atoms with Gasteiger partial charge in [-0.05, 0) is 31.9 Å². The van der Waals surface area contributed by atoms with Crippen LogP contribution in [0.4, 0.5) is 0 Å². The molecular weight excluding hydrogens is 332 g/mol. The van der Waals surface area contributed by atoms with E-state index in [0.29, 0.717) is 12.2 Å². The summed E-state index contributed by atoms with van der Waals surface area (Å²) in [5.41, 5.74) is 0.540. The number of carbonyl (C=O) groups excluding carboxylic acids is 2. The fourth-order valence-corrected chi connectivity index (χ4v) is 3.25. The Labute approximate surface area is 155 Å². The average Bonchev–Trinajstić information content (AvgIpc) is 2.70. The van der Waals surface area contributed by atoms with E-state index in [-0.39, 0.29) is 30.8 Å². The molecule has 1 aromatic carbocycles. The molecule has 144 valence electrons. The molecule has 6 nitrogen and oxygen atoms in total. The monoisotopic (exact) mass is 362 g/mol. The van der Waals surface area contributed by atoms with E-state index >= 15 is 0 Å². The Morgan fingerprint density at radius 3 is 2.46 bits per heavy atom. The van der Waals surface area contributed by atoms with E-state index < -0.39 is 12.2 Å². The van der Waals surface area contributed by atoms with Crippen LogP contribution in [0, 0.1) is 5.92 Å².